The minimum atomic E-state index is 0.477. The summed E-state index contributed by atoms with van der Waals surface area (Å²) in [6.45, 7) is 31.3. The molecule has 0 heterocycles. The zero-order valence-electron chi connectivity index (χ0n) is 15.2. The van der Waals surface area contributed by atoms with E-state index in [-0.39, 0.29) is 0 Å². The summed E-state index contributed by atoms with van der Waals surface area (Å²) < 4.78 is 0. The van der Waals surface area contributed by atoms with Gasteiger partial charge < -0.3 is 0 Å². The molecule has 0 aromatic carbocycles. The molecular formula is C22H36. The highest BCUT2D eigenvalue weighted by atomic mass is 14.2. The van der Waals surface area contributed by atoms with E-state index in [0.29, 0.717) is 35.5 Å². The van der Waals surface area contributed by atoms with Gasteiger partial charge in [-0.1, -0.05) is 64.2 Å². The van der Waals surface area contributed by atoms with E-state index in [4.69, 9.17) is 0 Å². The lowest BCUT2D eigenvalue weighted by atomic mass is 9.84. The zero-order chi connectivity index (χ0) is 17.7. The fourth-order valence-electron chi connectivity index (χ4n) is 2.44. The summed E-state index contributed by atoms with van der Waals surface area (Å²) >= 11 is 0. The predicted molar refractivity (Wildman–Crippen MR) is 105 cm³/mol. The lowest BCUT2D eigenvalue weighted by molar-refractivity contribution is 0.419. The summed E-state index contributed by atoms with van der Waals surface area (Å²) in [5.74, 6) is 2.90. The van der Waals surface area contributed by atoms with Crippen LogP contribution in [0.5, 0.6) is 0 Å². The van der Waals surface area contributed by atoms with Gasteiger partial charge in [0.1, 0.15) is 0 Å². The fourth-order valence-corrected chi connectivity index (χ4v) is 2.44. The van der Waals surface area contributed by atoms with Crippen molar-refractivity contribution < 1.29 is 0 Å². The average molecular weight is 301 g/mol. The van der Waals surface area contributed by atoms with Gasteiger partial charge in [-0.05, 0) is 35.5 Å². The van der Waals surface area contributed by atoms with Gasteiger partial charge in [0.2, 0.25) is 0 Å². The van der Waals surface area contributed by atoms with Crippen LogP contribution in [0, 0.1) is 35.5 Å². The Morgan fingerprint density at radius 1 is 0.409 bits per heavy atom. The molecule has 0 saturated carbocycles. The van der Waals surface area contributed by atoms with Crippen molar-refractivity contribution in [3.63, 3.8) is 0 Å². The first-order valence-electron chi connectivity index (χ1n) is 8.09. The second kappa shape index (κ2) is 13.1. The Hall–Kier alpha value is -1.56. The molecule has 0 nitrogen and oxygen atoms in total. The van der Waals surface area contributed by atoms with Gasteiger partial charge >= 0.3 is 0 Å². The average Bonchev–Trinajstić information content (AvgIpc) is 2.55. The van der Waals surface area contributed by atoms with Gasteiger partial charge in [0.05, 0.1) is 0 Å². The first kappa shape index (κ1) is 22.7. The molecule has 0 aliphatic carbocycles. The molecule has 4 atom stereocenters. The summed E-state index contributed by atoms with van der Waals surface area (Å²) in [4.78, 5) is 0. The molecule has 0 bridgehead atoms. The largest absolute Gasteiger partial charge is 0.103 e. The van der Waals surface area contributed by atoms with Gasteiger partial charge in [-0.3, -0.25) is 0 Å². The minimum Gasteiger partial charge on any atom is -0.103 e. The van der Waals surface area contributed by atoms with Crippen LogP contribution in [0.3, 0.4) is 0 Å². The van der Waals surface area contributed by atoms with Crippen molar-refractivity contribution in [2.45, 2.75) is 27.7 Å². The summed E-state index contributed by atoms with van der Waals surface area (Å²) in [5, 5.41) is 0. The predicted octanol–water partition coefficient (Wildman–Crippen LogP) is 6.87. The van der Waals surface area contributed by atoms with Crippen LogP contribution in [0.1, 0.15) is 27.7 Å². The maximum Gasteiger partial charge on any atom is -0.0116 e. The van der Waals surface area contributed by atoms with Gasteiger partial charge in [-0.2, -0.15) is 0 Å². The highest BCUT2D eigenvalue weighted by Gasteiger charge is 2.15. The maximum absolute atomic E-state index is 3.80. The summed E-state index contributed by atoms with van der Waals surface area (Å²) in [7, 11) is 0. The lowest BCUT2D eigenvalue weighted by Crippen LogP contribution is -2.13. The van der Waals surface area contributed by atoms with Crippen LogP contribution in [0.15, 0.2) is 75.9 Å². The standard InChI is InChI=1S/2C11H18/c2*1-6-9(4)11(8-3)10(5)7-2/h2*6-11H,1-3H2,4-5H3. The molecule has 0 radical (unpaired) electrons. The van der Waals surface area contributed by atoms with E-state index in [2.05, 4.69) is 67.2 Å². The van der Waals surface area contributed by atoms with Crippen molar-refractivity contribution in [2.75, 3.05) is 0 Å². The smallest absolute Gasteiger partial charge is 0.0116 e. The van der Waals surface area contributed by atoms with E-state index in [9.17, 15) is 0 Å². The molecule has 0 amide bonds. The second-order valence-electron chi connectivity index (χ2n) is 6.01. The topological polar surface area (TPSA) is 0 Å². The second-order valence-corrected chi connectivity index (χ2v) is 6.01. The highest BCUT2D eigenvalue weighted by molar-refractivity contribution is 4.98. The van der Waals surface area contributed by atoms with Crippen molar-refractivity contribution >= 4 is 0 Å². The van der Waals surface area contributed by atoms with E-state index in [0.717, 1.165) is 0 Å². The number of hydrogen-bond acceptors (Lipinski definition) is 0. The molecule has 22 heavy (non-hydrogen) atoms. The monoisotopic (exact) mass is 300 g/mol. The Bertz CT molecular complexity index is 296. The van der Waals surface area contributed by atoms with Crippen LogP contribution in [-0.4, -0.2) is 0 Å². The van der Waals surface area contributed by atoms with E-state index in [1.165, 1.54) is 0 Å². The van der Waals surface area contributed by atoms with Crippen molar-refractivity contribution in [3.05, 3.63) is 75.9 Å². The molecule has 4 unspecified atom stereocenters. The molecule has 0 aliphatic heterocycles. The number of rotatable bonds is 10. The van der Waals surface area contributed by atoms with Crippen molar-refractivity contribution in [3.8, 4) is 0 Å². The molecular weight excluding hydrogens is 264 g/mol. The number of hydrogen-bond donors (Lipinski definition) is 0. The first-order valence-corrected chi connectivity index (χ1v) is 8.09. The van der Waals surface area contributed by atoms with Crippen molar-refractivity contribution in [1.29, 1.82) is 0 Å². The Morgan fingerprint density at radius 3 is 0.682 bits per heavy atom. The van der Waals surface area contributed by atoms with Crippen LogP contribution in [0.2, 0.25) is 0 Å². The Balaban J connectivity index is 0. The van der Waals surface area contributed by atoms with Crippen LogP contribution in [0.25, 0.3) is 0 Å². The van der Waals surface area contributed by atoms with Gasteiger partial charge in [-0.25, -0.2) is 0 Å². The molecule has 0 aromatic heterocycles. The molecule has 0 N–H and O–H groups in total. The molecule has 0 saturated heterocycles. The third kappa shape index (κ3) is 8.02. The van der Waals surface area contributed by atoms with Gasteiger partial charge in [0.15, 0.2) is 0 Å². The first-order chi connectivity index (χ1) is 10.3. The molecule has 0 fully saturated rings. The normalized spacial score (nSPS) is 18.0. The lowest BCUT2D eigenvalue weighted by Gasteiger charge is -2.21. The summed E-state index contributed by atoms with van der Waals surface area (Å²) in [5.41, 5.74) is 0. The molecule has 0 spiro atoms. The van der Waals surface area contributed by atoms with Crippen LogP contribution in [-0.2, 0) is 0 Å². The third-order valence-electron chi connectivity index (χ3n) is 4.46. The Labute approximate surface area is 139 Å². The Kier molecular flexibility index (Phi) is 13.6. The highest BCUT2D eigenvalue weighted by Crippen LogP contribution is 2.24. The number of allylic oxidation sites excluding steroid dienone is 6. The van der Waals surface area contributed by atoms with Crippen LogP contribution in [0.4, 0.5) is 0 Å². The van der Waals surface area contributed by atoms with E-state index in [1.807, 2.05) is 36.5 Å². The third-order valence-corrected chi connectivity index (χ3v) is 4.46. The van der Waals surface area contributed by atoms with Crippen molar-refractivity contribution in [1.82, 2.24) is 0 Å². The van der Waals surface area contributed by atoms with E-state index >= 15 is 0 Å². The summed E-state index contributed by atoms with van der Waals surface area (Å²) in [6, 6.07) is 0. The SMILES string of the molecule is C=CC(C)C(C=C)C(C)C=C.C=CC(C)C(C=C)C(C)C=C. The molecule has 0 heteroatoms. The summed E-state index contributed by atoms with van der Waals surface area (Å²) in [6.07, 6.45) is 11.8. The Morgan fingerprint density at radius 2 is 0.591 bits per heavy atom. The molecule has 0 rings (SSSR count). The van der Waals surface area contributed by atoms with E-state index < -0.39 is 0 Å². The van der Waals surface area contributed by atoms with Crippen LogP contribution >= 0.6 is 0 Å². The van der Waals surface area contributed by atoms with Gasteiger partial charge in [0, 0.05) is 0 Å². The molecule has 0 aliphatic rings. The molecule has 0 aromatic rings. The quantitative estimate of drug-likeness (QED) is 0.386. The fraction of sp³-hybridized carbons (Fsp3) is 0.455. The van der Waals surface area contributed by atoms with E-state index in [1.54, 1.807) is 0 Å². The van der Waals surface area contributed by atoms with Gasteiger partial charge in [-0.15, -0.1) is 39.5 Å². The van der Waals surface area contributed by atoms with Gasteiger partial charge in [0.25, 0.3) is 0 Å². The minimum absolute atomic E-state index is 0.477. The van der Waals surface area contributed by atoms with Crippen molar-refractivity contribution in [2.24, 2.45) is 35.5 Å². The maximum atomic E-state index is 3.80. The van der Waals surface area contributed by atoms with Crippen LogP contribution < -0.4 is 0 Å². The zero-order valence-corrected chi connectivity index (χ0v) is 15.2. The molecule has 124 valence electrons.